The number of thiazole rings is 1. The van der Waals surface area contributed by atoms with Gasteiger partial charge >= 0.3 is 0 Å². The molecule has 0 bridgehead atoms. The minimum absolute atomic E-state index is 0. The number of hydrogen-bond acceptors (Lipinski definition) is 6. The Balaban J connectivity index is 0.00000280. The first-order valence-electron chi connectivity index (χ1n) is 9.21. The predicted molar refractivity (Wildman–Crippen MR) is 120 cm³/mol. The van der Waals surface area contributed by atoms with Crippen LogP contribution in [-0.2, 0) is 6.54 Å². The predicted octanol–water partition coefficient (Wildman–Crippen LogP) is 4.73. The molecule has 0 saturated carbocycles. The van der Waals surface area contributed by atoms with Crippen molar-refractivity contribution in [1.82, 2.24) is 4.98 Å². The molecule has 0 aliphatic heterocycles. The van der Waals surface area contributed by atoms with E-state index in [-0.39, 0.29) is 12.4 Å². The summed E-state index contributed by atoms with van der Waals surface area (Å²) in [5.41, 5.74) is 8.01. The summed E-state index contributed by atoms with van der Waals surface area (Å²) in [5.74, 6) is 2.00. The monoisotopic (exact) mass is 421 g/mol. The maximum absolute atomic E-state index is 5.85. The van der Waals surface area contributed by atoms with Crippen molar-refractivity contribution in [2.75, 3.05) is 31.7 Å². The Bertz CT molecular complexity index is 852. The fraction of sp³-hybridized carbons (Fsp3) is 0.381. The third-order valence-electron chi connectivity index (χ3n) is 4.13. The van der Waals surface area contributed by atoms with Gasteiger partial charge in [0, 0.05) is 19.6 Å². The molecule has 5 nitrogen and oxygen atoms in total. The third-order valence-corrected chi connectivity index (χ3v) is 5.22. The summed E-state index contributed by atoms with van der Waals surface area (Å²) in [7, 11) is 1.67. The second kappa shape index (κ2) is 10.5. The summed E-state index contributed by atoms with van der Waals surface area (Å²) in [5, 5.41) is 0.987. The first-order chi connectivity index (χ1) is 13.1. The number of benzene rings is 2. The van der Waals surface area contributed by atoms with Crippen molar-refractivity contribution < 1.29 is 9.47 Å². The van der Waals surface area contributed by atoms with E-state index in [0.29, 0.717) is 19.1 Å². The first kappa shape index (κ1) is 22.3. The number of methoxy groups -OCH3 is 1. The van der Waals surface area contributed by atoms with Crippen molar-refractivity contribution in [2.24, 2.45) is 11.7 Å². The van der Waals surface area contributed by atoms with Crippen molar-refractivity contribution in [3.63, 3.8) is 0 Å². The Morgan fingerprint density at radius 3 is 2.61 bits per heavy atom. The van der Waals surface area contributed by atoms with E-state index in [4.69, 9.17) is 20.2 Å². The van der Waals surface area contributed by atoms with E-state index in [1.54, 1.807) is 18.4 Å². The number of nitrogens with zero attached hydrogens (tertiary/aromatic N) is 2. The average molecular weight is 422 g/mol. The lowest BCUT2D eigenvalue weighted by atomic mass is 10.2. The minimum atomic E-state index is 0. The largest absolute Gasteiger partial charge is 0.493 e. The van der Waals surface area contributed by atoms with Crippen LogP contribution in [0.4, 0.5) is 5.13 Å². The van der Waals surface area contributed by atoms with Crippen molar-refractivity contribution in [3.8, 4) is 11.5 Å². The Kier molecular flexibility index (Phi) is 8.35. The van der Waals surface area contributed by atoms with Crippen LogP contribution in [0.3, 0.4) is 0 Å². The molecule has 0 saturated heterocycles. The van der Waals surface area contributed by atoms with Gasteiger partial charge < -0.3 is 20.1 Å². The van der Waals surface area contributed by atoms with Crippen LogP contribution in [0.1, 0.15) is 19.4 Å². The SMILES string of the molecule is COc1cc(CN(CCN)c2nc3ccccc3s2)ccc1OCC(C)C.Cl. The zero-order chi connectivity index (χ0) is 19.2. The first-order valence-corrected chi connectivity index (χ1v) is 10.0. The average Bonchev–Trinajstić information content (AvgIpc) is 3.10. The van der Waals surface area contributed by atoms with Crippen LogP contribution >= 0.6 is 23.7 Å². The van der Waals surface area contributed by atoms with Gasteiger partial charge in [0.2, 0.25) is 0 Å². The number of ether oxygens (including phenoxy) is 2. The molecule has 28 heavy (non-hydrogen) atoms. The second-order valence-electron chi connectivity index (χ2n) is 6.86. The van der Waals surface area contributed by atoms with Gasteiger partial charge in [-0.15, -0.1) is 12.4 Å². The number of anilines is 1. The van der Waals surface area contributed by atoms with Gasteiger partial charge in [-0.3, -0.25) is 0 Å². The van der Waals surface area contributed by atoms with Crippen LogP contribution in [0, 0.1) is 5.92 Å². The van der Waals surface area contributed by atoms with Gasteiger partial charge in [0.1, 0.15) is 0 Å². The number of aromatic nitrogens is 1. The fourth-order valence-corrected chi connectivity index (χ4v) is 3.79. The lowest BCUT2D eigenvalue weighted by Crippen LogP contribution is -2.28. The number of para-hydroxylation sites is 1. The van der Waals surface area contributed by atoms with Crippen molar-refractivity contribution in [2.45, 2.75) is 20.4 Å². The number of hydrogen-bond donors (Lipinski definition) is 1. The molecule has 2 aromatic carbocycles. The number of nitrogens with two attached hydrogens (primary N) is 1. The van der Waals surface area contributed by atoms with Crippen LogP contribution in [0.25, 0.3) is 10.2 Å². The van der Waals surface area contributed by atoms with E-state index in [9.17, 15) is 0 Å². The fourth-order valence-electron chi connectivity index (χ4n) is 2.80. The van der Waals surface area contributed by atoms with E-state index in [1.807, 2.05) is 30.3 Å². The number of halogens is 1. The van der Waals surface area contributed by atoms with Gasteiger partial charge in [-0.1, -0.05) is 43.4 Å². The minimum Gasteiger partial charge on any atom is -0.493 e. The van der Waals surface area contributed by atoms with E-state index in [0.717, 1.165) is 40.8 Å². The highest BCUT2D eigenvalue weighted by Crippen LogP contribution is 2.32. The van der Waals surface area contributed by atoms with Gasteiger partial charge in [-0.05, 0) is 35.7 Å². The molecule has 0 fully saturated rings. The van der Waals surface area contributed by atoms with E-state index in [1.165, 1.54) is 4.70 Å². The standard InChI is InChI=1S/C21H27N3O2S.ClH/c1-15(2)14-26-18-9-8-16(12-19(18)25-3)13-24(11-10-22)21-23-17-6-4-5-7-20(17)27-21;/h4-9,12,15H,10-11,13-14,22H2,1-3H3;1H. The van der Waals surface area contributed by atoms with Gasteiger partial charge in [0.25, 0.3) is 0 Å². The molecule has 0 radical (unpaired) electrons. The van der Waals surface area contributed by atoms with E-state index >= 15 is 0 Å². The van der Waals surface area contributed by atoms with Gasteiger partial charge in [-0.2, -0.15) is 0 Å². The Hall–Kier alpha value is -2.02. The van der Waals surface area contributed by atoms with E-state index in [2.05, 4.69) is 30.9 Å². The van der Waals surface area contributed by atoms with Crippen LogP contribution < -0.4 is 20.1 Å². The van der Waals surface area contributed by atoms with Gasteiger partial charge in [0.05, 0.1) is 23.9 Å². The summed E-state index contributed by atoms with van der Waals surface area (Å²) in [6, 6.07) is 14.3. The molecule has 0 atom stereocenters. The van der Waals surface area contributed by atoms with Crippen LogP contribution in [-0.4, -0.2) is 31.8 Å². The summed E-state index contributed by atoms with van der Waals surface area (Å²) in [4.78, 5) is 6.99. The zero-order valence-corrected chi connectivity index (χ0v) is 18.2. The highest BCUT2D eigenvalue weighted by Gasteiger charge is 2.14. The highest BCUT2D eigenvalue weighted by atomic mass is 35.5. The Morgan fingerprint density at radius 1 is 1.14 bits per heavy atom. The van der Waals surface area contributed by atoms with Gasteiger partial charge in [0.15, 0.2) is 16.6 Å². The molecule has 2 N–H and O–H groups in total. The maximum Gasteiger partial charge on any atom is 0.186 e. The molecule has 152 valence electrons. The van der Waals surface area contributed by atoms with Crippen molar-refractivity contribution in [3.05, 3.63) is 48.0 Å². The van der Waals surface area contributed by atoms with Crippen molar-refractivity contribution in [1.29, 1.82) is 0 Å². The molecule has 1 aromatic heterocycles. The molecule has 0 aliphatic rings. The van der Waals surface area contributed by atoms with Gasteiger partial charge in [-0.25, -0.2) is 4.98 Å². The Morgan fingerprint density at radius 2 is 1.93 bits per heavy atom. The molecule has 1 heterocycles. The van der Waals surface area contributed by atoms with Crippen LogP contribution in [0.15, 0.2) is 42.5 Å². The Labute approximate surface area is 176 Å². The van der Waals surface area contributed by atoms with Crippen LogP contribution in [0.2, 0.25) is 0 Å². The summed E-state index contributed by atoms with van der Waals surface area (Å²) >= 11 is 1.69. The lowest BCUT2D eigenvalue weighted by Gasteiger charge is -2.22. The van der Waals surface area contributed by atoms with Crippen LogP contribution in [0.5, 0.6) is 11.5 Å². The molecule has 0 spiro atoms. The molecular weight excluding hydrogens is 394 g/mol. The lowest BCUT2D eigenvalue weighted by molar-refractivity contribution is 0.257. The molecule has 3 aromatic rings. The summed E-state index contributed by atoms with van der Waals surface area (Å²) in [6.45, 7) is 6.96. The zero-order valence-electron chi connectivity index (χ0n) is 16.6. The summed E-state index contributed by atoms with van der Waals surface area (Å²) in [6.07, 6.45) is 0. The van der Waals surface area contributed by atoms with E-state index < -0.39 is 0 Å². The third kappa shape index (κ3) is 5.50. The molecule has 3 rings (SSSR count). The summed E-state index contributed by atoms with van der Waals surface area (Å²) < 4.78 is 12.6. The van der Waals surface area contributed by atoms with Crippen molar-refractivity contribution >= 4 is 39.1 Å². The molecule has 0 unspecified atom stereocenters. The second-order valence-corrected chi connectivity index (χ2v) is 7.87. The highest BCUT2D eigenvalue weighted by molar-refractivity contribution is 7.22. The normalized spacial score (nSPS) is 10.8. The maximum atomic E-state index is 5.85. The molecule has 0 amide bonds. The topological polar surface area (TPSA) is 60.6 Å². The smallest absolute Gasteiger partial charge is 0.186 e. The quantitative estimate of drug-likeness (QED) is 0.541. The molecular formula is C21H28ClN3O2S. The number of rotatable bonds is 9. The molecule has 0 aliphatic carbocycles. The molecule has 7 heteroatoms. The number of fused-ring (bicyclic) bond motifs is 1.